The predicted molar refractivity (Wildman–Crippen MR) is 114 cm³/mol. The molecule has 0 amide bonds. The molecule has 1 fully saturated rings. The summed E-state index contributed by atoms with van der Waals surface area (Å²) in [5.74, 6) is -0.523. The number of benzene rings is 2. The van der Waals surface area contributed by atoms with Gasteiger partial charge in [0.2, 0.25) is 10.0 Å². The number of sulfonamides is 1. The monoisotopic (exact) mass is 465 g/mol. The van der Waals surface area contributed by atoms with Gasteiger partial charge < -0.3 is 10.1 Å². The molecule has 1 N–H and O–H groups in total. The second-order valence-corrected chi connectivity index (χ2v) is 10.2. The standard InChI is InChI=1S/C20H20ClN3O4S2/c1-13-7-15(21)10-16(8-13)29-18-4-3-14(11-22)9-19(18)30(26,27)24-6-5-23-17(12-24)20(25)28-2/h3-4,7-10,17,23H,5-6,12H2,1-2H3. The molecule has 1 heterocycles. The van der Waals surface area contributed by atoms with Crippen molar-refractivity contribution in [2.45, 2.75) is 27.7 Å². The van der Waals surface area contributed by atoms with E-state index in [1.165, 1.54) is 29.2 Å². The first-order valence-electron chi connectivity index (χ1n) is 9.05. The summed E-state index contributed by atoms with van der Waals surface area (Å²) < 4.78 is 32.9. The molecule has 2 aromatic rings. The summed E-state index contributed by atoms with van der Waals surface area (Å²) in [6.45, 7) is 2.37. The Morgan fingerprint density at radius 1 is 1.33 bits per heavy atom. The van der Waals surface area contributed by atoms with E-state index in [1.54, 1.807) is 18.2 Å². The normalized spacial score (nSPS) is 17.3. The fraction of sp³-hybridized carbons (Fsp3) is 0.300. The molecule has 0 aromatic heterocycles. The number of carbonyl (C=O) groups is 1. The number of hydrogen-bond donors (Lipinski definition) is 1. The molecular formula is C20H20ClN3O4S2. The molecule has 1 saturated heterocycles. The highest BCUT2D eigenvalue weighted by Crippen LogP contribution is 2.36. The highest BCUT2D eigenvalue weighted by atomic mass is 35.5. The van der Waals surface area contributed by atoms with Gasteiger partial charge in [-0.15, -0.1) is 0 Å². The van der Waals surface area contributed by atoms with Gasteiger partial charge in [0, 0.05) is 34.4 Å². The Labute approximate surface area is 185 Å². The number of rotatable bonds is 5. The Balaban J connectivity index is 2.00. The lowest BCUT2D eigenvalue weighted by molar-refractivity contribution is -0.143. The van der Waals surface area contributed by atoms with Crippen LogP contribution in [0.1, 0.15) is 11.1 Å². The Morgan fingerprint density at radius 2 is 2.10 bits per heavy atom. The Hall–Kier alpha value is -2.09. The number of esters is 1. The minimum Gasteiger partial charge on any atom is -0.468 e. The van der Waals surface area contributed by atoms with E-state index in [9.17, 15) is 18.5 Å². The second kappa shape index (κ2) is 9.37. The summed E-state index contributed by atoms with van der Waals surface area (Å²) in [7, 11) is -2.70. The summed E-state index contributed by atoms with van der Waals surface area (Å²) in [5.41, 5.74) is 1.19. The van der Waals surface area contributed by atoms with Gasteiger partial charge in [0.25, 0.3) is 0 Å². The topological polar surface area (TPSA) is 99.5 Å². The summed E-state index contributed by atoms with van der Waals surface area (Å²) >= 11 is 7.40. The lowest BCUT2D eigenvalue weighted by Gasteiger charge is -2.31. The van der Waals surface area contributed by atoms with Crippen molar-refractivity contribution in [1.29, 1.82) is 5.26 Å². The third-order valence-corrected chi connectivity index (χ3v) is 7.86. The van der Waals surface area contributed by atoms with Crippen LogP contribution >= 0.6 is 23.4 Å². The number of nitrogens with zero attached hydrogens (tertiary/aromatic N) is 2. The molecule has 30 heavy (non-hydrogen) atoms. The zero-order valence-electron chi connectivity index (χ0n) is 16.4. The van der Waals surface area contributed by atoms with E-state index in [2.05, 4.69) is 5.32 Å². The number of piperazine rings is 1. The molecule has 1 aliphatic heterocycles. The van der Waals surface area contributed by atoms with Crippen molar-refractivity contribution >= 4 is 39.4 Å². The molecular weight excluding hydrogens is 446 g/mol. The first-order valence-corrected chi connectivity index (χ1v) is 11.7. The maximum Gasteiger partial charge on any atom is 0.324 e. The number of halogens is 1. The van der Waals surface area contributed by atoms with E-state index in [1.807, 2.05) is 25.1 Å². The number of hydrogen-bond acceptors (Lipinski definition) is 7. The number of aryl methyl sites for hydroxylation is 1. The average Bonchev–Trinajstić information content (AvgIpc) is 2.72. The molecule has 158 valence electrons. The maximum atomic E-state index is 13.5. The molecule has 0 saturated carbocycles. The minimum absolute atomic E-state index is 0.0229. The minimum atomic E-state index is -3.96. The van der Waals surface area contributed by atoms with E-state index >= 15 is 0 Å². The number of carbonyl (C=O) groups excluding carboxylic acids is 1. The summed E-state index contributed by atoms with van der Waals surface area (Å²) in [5, 5.41) is 12.8. The molecule has 1 atom stereocenters. The Morgan fingerprint density at radius 3 is 2.77 bits per heavy atom. The molecule has 10 heteroatoms. The van der Waals surface area contributed by atoms with Crippen LogP contribution < -0.4 is 5.32 Å². The van der Waals surface area contributed by atoms with Crippen molar-refractivity contribution in [3.8, 4) is 6.07 Å². The number of nitrogens with one attached hydrogen (secondary N) is 1. The van der Waals surface area contributed by atoms with Crippen LogP contribution in [0.3, 0.4) is 0 Å². The molecule has 1 unspecified atom stereocenters. The fourth-order valence-corrected chi connectivity index (χ4v) is 6.46. The quantitative estimate of drug-likeness (QED) is 0.677. The molecule has 0 bridgehead atoms. The summed E-state index contributed by atoms with van der Waals surface area (Å²) in [6.07, 6.45) is 0. The zero-order valence-corrected chi connectivity index (χ0v) is 18.8. The van der Waals surface area contributed by atoms with Crippen molar-refractivity contribution in [3.05, 3.63) is 52.5 Å². The smallest absolute Gasteiger partial charge is 0.324 e. The van der Waals surface area contributed by atoms with Crippen molar-refractivity contribution in [3.63, 3.8) is 0 Å². The largest absolute Gasteiger partial charge is 0.468 e. The van der Waals surface area contributed by atoms with Crippen molar-refractivity contribution in [2.75, 3.05) is 26.7 Å². The third kappa shape index (κ3) is 4.96. The number of nitriles is 1. The van der Waals surface area contributed by atoms with Crippen LogP contribution in [-0.4, -0.2) is 51.5 Å². The number of ether oxygens (including phenoxy) is 1. The highest BCUT2D eigenvalue weighted by Gasteiger charge is 2.35. The molecule has 7 nitrogen and oxygen atoms in total. The van der Waals surface area contributed by atoms with Crippen molar-refractivity contribution in [1.82, 2.24) is 9.62 Å². The van der Waals surface area contributed by atoms with Crippen LogP contribution in [-0.2, 0) is 19.6 Å². The van der Waals surface area contributed by atoms with Crippen LogP contribution in [0, 0.1) is 18.3 Å². The lowest BCUT2D eigenvalue weighted by Crippen LogP contribution is -2.55. The van der Waals surface area contributed by atoms with E-state index in [0.717, 1.165) is 10.5 Å². The summed E-state index contributed by atoms with van der Waals surface area (Å²) in [4.78, 5) is 13.2. The van der Waals surface area contributed by atoms with E-state index < -0.39 is 22.0 Å². The molecule has 1 aliphatic rings. The number of methoxy groups -OCH3 is 1. The molecule has 2 aromatic carbocycles. The van der Waals surface area contributed by atoms with E-state index in [4.69, 9.17) is 16.3 Å². The van der Waals surface area contributed by atoms with Gasteiger partial charge in [0.1, 0.15) is 6.04 Å². The second-order valence-electron chi connectivity index (χ2n) is 6.73. The van der Waals surface area contributed by atoms with Gasteiger partial charge in [-0.25, -0.2) is 8.42 Å². The van der Waals surface area contributed by atoms with Crippen LogP contribution in [0.4, 0.5) is 0 Å². The predicted octanol–water partition coefficient (Wildman–Crippen LogP) is 2.81. The molecule has 0 aliphatic carbocycles. The molecule has 3 rings (SSSR count). The van der Waals surface area contributed by atoms with Gasteiger partial charge in [0.05, 0.1) is 23.6 Å². The van der Waals surface area contributed by atoms with Crippen molar-refractivity contribution < 1.29 is 17.9 Å². The van der Waals surface area contributed by atoms with Gasteiger partial charge in [-0.05, 0) is 48.9 Å². The summed E-state index contributed by atoms with van der Waals surface area (Å²) in [6, 6.07) is 11.3. The zero-order chi connectivity index (χ0) is 21.9. The molecule has 0 spiro atoms. The maximum absolute atomic E-state index is 13.5. The van der Waals surface area contributed by atoms with Gasteiger partial charge in [0.15, 0.2) is 0 Å². The lowest BCUT2D eigenvalue weighted by atomic mass is 10.2. The van der Waals surface area contributed by atoms with Crippen LogP contribution in [0.25, 0.3) is 0 Å². The first kappa shape index (κ1) is 22.6. The average molecular weight is 466 g/mol. The van der Waals surface area contributed by atoms with Crippen LogP contribution in [0.2, 0.25) is 5.02 Å². The first-order chi connectivity index (χ1) is 14.2. The van der Waals surface area contributed by atoms with Gasteiger partial charge in [-0.1, -0.05) is 23.4 Å². The molecule has 0 radical (unpaired) electrons. The van der Waals surface area contributed by atoms with Crippen LogP contribution in [0.15, 0.2) is 51.1 Å². The van der Waals surface area contributed by atoms with E-state index in [-0.39, 0.29) is 23.5 Å². The van der Waals surface area contributed by atoms with Gasteiger partial charge in [-0.3, -0.25) is 4.79 Å². The van der Waals surface area contributed by atoms with Gasteiger partial charge in [-0.2, -0.15) is 9.57 Å². The SMILES string of the molecule is COC(=O)C1CN(S(=O)(=O)c2cc(C#N)ccc2Sc2cc(C)cc(Cl)c2)CCN1. The van der Waals surface area contributed by atoms with E-state index in [0.29, 0.717) is 16.5 Å². The third-order valence-electron chi connectivity index (χ3n) is 4.56. The van der Waals surface area contributed by atoms with Crippen LogP contribution in [0.5, 0.6) is 0 Å². The Kier molecular flexibility index (Phi) is 7.06. The highest BCUT2D eigenvalue weighted by molar-refractivity contribution is 8.00. The van der Waals surface area contributed by atoms with Gasteiger partial charge >= 0.3 is 5.97 Å². The Bertz CT molecular complexity index is 1100. The fourth-order valence-electron chi connectivity index (χ4n) is 3.13. The van der Waals surface area contributed by atoms with Crippen molar-refractivity contribution in [2.24, 2.45) is 0 Å².